The number of aryl methyl sites for hydroxylation is 1. The summed E-state index contributed by atoms with van der Waals surface area (Å²) >= 11 is 7.85. The first kappa shape index (κ1) is 28.9. The van der Waals surface area contributed by atoms with Crippen molar-refractivity contribution in [2.24, 2.45) is 0 Å². The molecule has 1 aliphatic carbocycles. The van der Waals surface area contributed by atoms with E-state index in [0.717, 1.165) is 36.7 Å². The van der Waals surface area contributed by atoms with Gasteiger partial charge < -0.3 is 9.64 Å². The fraction of sp³-hybridized carbons (Fsp3) is 0.323. The lowest BCUT2D eigenvalue weighted by Crippen LogP contribution is -2.36. The summed E-state index contributed by atoms with van der Waals surface area (Å²) in [7, 11) is -0.879. The highest BCUT2D eigenvalue weighted by molar-refractivity contribution is 7.92. The number of aromatic nitrogens is 1. The van der Waals surface area contributed by atoms with Crippen LogP contribution in [0.3, 0.4) is 0 Å². The zero-order valence-corrected chi connectivity index (χ0v) is 25.8. The summed E-state index contributed by atoms with van der Waals surface area (Å²) in [5.41, 5.74) is 5.54. The second kappa shape index (κ2) is 11.8. The molecule has 1 saturated heterocycles. The molecule has 0 saturated carbocycles. The molecule has 0 radical (unpaired) electrons. The number of methoxy groups -OCH3 is 1. The number of nitrogens with zero attached hydrogens (tertiary/aromatic N) is 4. The molecule has 2 heterocycles. The minimum Gasteiger partial charge on any atom is -0.497 e. The van der Waals surface area contributed by atoms with E-state index in [9.17, 15) is 8.42 Å². The van der Waals surface area contributed by atoms with E-state index in [-0.39, 0.29) is 23.4 Å². The van der Waals surface area contributed by atoms with Gasteiger partial charge in [-0.15, -0.1) is 11.3 Å². The molecule has 1 aliphatic heterocycles. The number of fused-ring (bicyclic) bond motifs is 1. The first-order chi connectivity index (χ1) is 20.3. The lowest BCUT2D eigenvalue weighted by molar-refractivity contribution is 0.242. The minimum absolute atomic E-state index is 0.0308. The molecule has 4 aromatic rings. The van der Waals surface area contributed by atoms with Crippen LogP contribution in [0.2, 0.25) is 5.02 Å². The topological polar surface area (TPSA) is 66.0 Å². The Morgan fingerprint density at radius 2 is 1.90 bits per heavy atom. The van der Waals surface area contributed by atoms with Gasteiger partial charge in [0, 0.05) is 37.6 Å². The number of likely N-dealkylation sites (N-methyl/N-ethyl adjacent to an activating group) is 1. The van der Waals surface area contributed by atoms with Gasteiger partial charge in [0.2, 0.25) is 0 Å². The van der Waals surface area contributed by atoms with Crippen molar-refractivity contribution in [2.75, 3.05) is 36.5 Å². The van der Waals surface area contributed by atoms with Crippen LogP contribution in [-0.4, -0.2) is 51.6 Å². The van der Waals surface area contributed by atoms with Crippen molar-refractivity contribution in [3.63, 3.8) is 0 Å². The van der Waals surface area contributed by atoms with Gasteiger partial charge in [0.05, 0.1) is 24.9 Å². The molecule has 0 unspecified atom stereocenters. The van der Waals surface area contributed by atoms with Gasteiger partial charge in [-0.3, -0.25) is 4.90 Å². The highest BCUT2D eigenvalue weighted by Crippen LogP contribution is 2.40. The molecule has 0 amide bonds. The average molecular weight is 627 g/mol. The SMILES string of the molecule is COc1ccc(CN(c2cscn2)S(=O)(=O)c2ccc(N(C)[C@H]3CCN([C@H]4CCc5ccccc54)C3)c(Cl)c2F)cc1. The summed E-state index contributed by atoms with van der Waals surface area (Å²) in [4.78, 5) is 8.22. The number of thiazole rings is 1. The Hall–Kier alpha value is -3.18. The molecular formula is C31H32ClFN4O3S2. The summed E-state index contributed by atoms with van der Waals surface area (Å²) < 4.78 is 50.1. The van der Waals surface area contributed by atoms with Crippen LogP contribution < -0.4 is 13.9 Å². The number of hydrogen-bond donors (Lipinski definition) is 0. The zero-order chi connectivity index (χ0) is 29.4. The number of sulfonamides is 1. The van der Waals surface area contributed by atoms with Crippen LogP contribution in [0.1, 0.15) is 35.6 Å². The summed E-state index contributed by atoms with van der Waals surface area (Å²) in [6.07, 6.45) is 3.09. The summed E-state index contributed by atoms with van der Waals surface area (Å²) in [6.45, 7) is 1.73. The molecule has 2 atom stereocenters. The Bertz CT molecular complexity index is 1670. The van der Waals surface area contributed by atoms with Crippen molar-refractivity contribution < 1.29 is 17.5 Å². The van der Waals surface area contributed by atoms with E-state index >= 15 is 4.39 Å². The van der Waals surface area contributed by atoms with E-state index in [1.165, 1.54) is 28.5 Å². The maximum Gasteiger partial charge on any atom is 0.268 e. The first-order valence-corrected chi connectivity index (χ1v) is 16.6. The van der Waals surface area contributed by atoms with Crippen molar-refractivity contribution in [2.45, 2.75) is 42.8 Å². The molecule has 3 aromatic carbocycles. The summed E-state index contributed by atoms with van der Waals surface area (Å²) in [5, 5.41) is 1.42. The first-order valence-electron chi connectivity index (χ1n) is 13.8. The third kappa shape index (κ3) is 5.37. The van der Waals surface area contributed by atoms with E-state index in [2.05, 4.69) is 34.1 Å². The number of halogens is 2. The number of benzene rings is 3. The maximum absolute atomic E-state index is 15.9. The molecular weight excluding hydrogens is 595 g/mol. The predicted molar refractivity (Wildman–Crippen MR) is 166 cm³/mol. The monoisotopic (exact) mass is 626 g/mol. The molecule has 6 rings (SSSR count). The van der Waals surface area contributed by atoms with E-state index < -0.39 is 20.7 Å². The van der Waals surface area contributed by atoms with Gasteiger partial charge >= 0.3 is 0 Å². The fourth-order valence-electron chi connectivity index (χ4n) is 6.11. The van der Waals surface area contributed by atoms with Crippen LogP contribution in [0.5, 0.6) is 5.75 Å². The largest absolute Gasteiger partial charge is 0.497 e. The highest BCUT2D eigenvalue weighted by Gasteiger charge is 2.36. The van der Waals surface area contributed by atoms with Gasteiger partial charge in [-0.2, -0.15) is 0 Å². The Kier molecular flexibility index (Phi) is 8.15. The zero-order valence-electron chi connectivity index (χ0n) is 23.4. The molecule has 2 aliphatic rings. The van der Waals surface area contributed by atoms with Crippen molar-refractivity contribution in [1.29, 1.82) is 0 Å². The maximum atomic E-state index is 15.9. The van der Waals surface area contributed by atoms with Crippen molar-refractivity contribution in [3.05, 3.63) is 99.1 Å². The lowest BCUT2D eigenvalue weighted by atomic mass is 10.1. The van der Waals surface area contributed by atoms with Gasteiger partial charge in [0.15, 0.2) is 11.6 Å². The predicted octanol–water partition coefficient (Wildman–Crippen LogP) is 6.54. The molecule has 0 N–H and O–H groups in total. The molecule has 1 fully saturated rings. The molecule has 42 heavy (non-hydrogen) atoms. The van der Waals surface area contributed by atoms with Crippen molar-refractivity contribution >= 4 is 44.5 Å². The van der Waals surface area contributed by atoms with Crippen molar-refractivity contribution in [1.82, 2.24) is 9.88 Å². The fourth-order valence-corrected chi connectivity index (χ4v) is 8.54. The van der Waals surface area contributed by atoms with Crippen LogP contribution in [0.15, 0.2) is 76.4 Å². The minimum atomic E-state index is -4.34. The third-order valence-electron chi connectivity index (χ3n) is 8.42. The van der Waals surface area contributed by atoms with Gasteiger partial charge in [-0.05, 0) is 60.2 Å². The quantitative estimate of drug-likeness (QED) is 0.210. The molecule has 0 spiro atoms. The van der Waals surface area contributed by atoms with Crippen LogP contribution in [-0.2, 0) is 23.0 Å². The van der Waals surface area contributed by atoms with Gasteiger partial charge in [0.25, 0.3) is 10.0 Å². The normalized spacial score (nSPS) is 18.7. The number of anilines is 2. The molecule has 220 valence electrons. The van der Waals surface area contributed by atoms with Crippen LogP contribution in [0, 0.1) is 5.82 Å². The molecule has 7 nitrogen and oxygen atoms in total. The summed E-state index contributed by atoms with van der Waals surface area (Å²) in [5.74, 6) is -0.0968. The Morgan fingerprint density at radius 1 is 1.12 bits per heavy atom. The standard InChI is InChI=1S/C31H32ClFN4O3S2/c1-35(23-15-16-36(18-23)26-12-9-22-5-3-4-6-25(22)26)27-13-14-28(31(33)30(27)32)42(38,39)37(29-19-41-20-34-29)17-21-7-10-24(40-2)11-8-21/h3-8,10-11,13-14,19-20,23,26H,9,12,15-18H2,1-2H3/t23-,26-/m0/s1. The Morgan fingerprint density at radius 3 is 2.64 bits per heavy atom. The van der Waals surface area contributed by atoms with E-state index in [0.29, 0.717) is 23.0 Å². The lowest BCUT2D eigenvalue weighted by Gasteiger charge is -2.30. The second-order valence-corrected chi connectivity index (χ2v) is 13.6. The average Bonchev–Trinajstić information content (AvgIpc) is 3.78. The molecule has 0 bridgehead atoms. The Labute approximate surface area is 255 Å². The van der Waals surface area contributed by atoms with E-state index in [1.807, 2.05) is 11.9 Å². The summed E-state index contributed by atoms with van der Waals surface area (Å²) in [6, 6.07) is 19.1. The van der Waals surface area contributed by atoms with Crippen molar-refractivity contribution in [3.8, 4) is 5.75 Å². The van der Waals surface area contributed by atoms with Gasteiger partial charge in [0.1, 0.15) is 15.7 Å². The molecule has 1 aromatic heterocycles. The van der Waals surface area contributed by atoms with E-state index in [4.69, 9.17) is 16.3 Å². The van der Waals surface area contributed by atoms with Crippen LogP contribution >= 0.6 is 22.9 Å². The highest BCUT2D eigenvalue weighted by atomic mass is 35.5. The number of likely N-dealkylation sites (tertiary alicyclic amines) is 1. The molecule has 11 heteroatoms. The van der Waals surface area contributed by atoms with Crippen LogP contribution in [0.25, 0.3) is 0 Å². The number of ether oxygens (including phenoxy) is 1. The Balaban J connectivity index is 1.24. The second-order valence-electron chi connectivity index (χ2n) is 10.7. The number of rotatable bonds is 9. The van der Waals surface area contributed by atoms with Gasteiger partial charge in [-0.25, -0.2) is 22.1 Å². The van der Waals surface area contributed by atoms with Gasteiger partial charge in [-0.1, -0.05) is 48.0 Å². The number of hydrogen-bond acceptors (Lipinski definition) is 7. The smallest absolute Gasteiger partial charge is 0.268 e. The van der Waals surface area contributed by atoms with Crippen LogP contribution in [0.4, 0.5) is 15.9 Å². The third-order valence-corrected chi connectivity index (χ3v) is 11.1. The van der Waals surface area contributed by atoms with E-state index in [1.54, 1.807) is 48.3 Å².